The van der Waals surface area contributed by atoms with Crippen molar-refractivity contribution in [2.75, 3.05) is 12.8 Å². The summed E-state index contributed by atoms with van der Waals surface area (Å²) in [6.07, 6.45) is 2.31. The Kier molecular flexibility index (Phi) is 3.62. The molecule has 0 radical (unpaired) electrons. The number of rotatable bonds is 4. The molecule has 1 aromatic heterocycles. The first-order valence-electron chi connectivity index (χ1n) is 5.65. The summed E-state index contributed by atoms with van der Waals surface area (Å²) < 4.78 is 10.9. The predicted octanol–water partition coefficient (Wildman–Crippen LogP) is 2.42. The van der Waals surface area contributed by atoms with Crippen molar-refractivity contribution < 1.29 is 9.47 Å². The van der Waals surface area contributed by atoms with Crippen molar-refractivity contribution in [2.24, 2.45) is 0 Å². The monoisotopic (exact) mass is 245 g/mol. The fourth-order valence-electron chi connectivity index (χ4n) is 1.51. The molecule has 0 aliphatic rings. The Morgan fingerprint density at radius 3 is 2.72 bits per heavy atom. The van der Waals surface area contributed by atoms with Gasteiger partial charge in [-0.05, 0) is 18.6 Å². The third-order valence-electron chi connectivity index (χ3n) is 2.46. The van der Waals surface area contributed by atoms with Crippen LogP contribution >= 0.6 is 0 Å². The van der Waals surface area contributed by atoms with E-state index in [2.05, 4.69) is 9.97 Å². The van der Waals surface area contributed by atoms with Crippen LogP contribution in [-0.4, -0.2) is 17.1 Å². The number of aromatic nitrogens is 2. The van der Waals surface area contributed by atoms with E-state index in [1.54, 1.807) is 31.4 Å². The zero-order chi connectivity index (χ0) is 13.0. The van der Waals surface area contributed by atoms with Crippen molar-refractivity contribution in [1.82, 2.24) is 9.97 Å². The van der Waals surface area contributed by atoms with Gasteiger partial charge in [-0.15, -0.1) is 0 Å². The van der Waals surface area contributed by atoms with Crippen LogP contribution in [0.5, 0.6) is 17.4 Å². The lowest BCUT2D eigenvalue weighted by atomic mass is 10.3. The van der Waals surface area contributed by atoms with Crippen molar-refractivity contribution in [2.45, 2.75) is 13.3 Å². The van der Waals surface area contributed by atoms with Gasteiger partial charge in [0.05, 0.1) is 7.11 Å². The Labute approximate surface area is 106 Å². The lowest BCUT2D eigenvalue weighted by molar-refractivity contribution is 0.374. The minimum atomic E-state index is 0.478. The molecule has 0 spiro atoms. The van der Waals surface area contributed by atoms with E-state index >= 15 is 0 Å². The minimum Gasteiger partial charge on any atom is -0.493 e. The topological polar surface area (TPSA) is 70.3 Å². The number of nitrogens with two attached hydrogens (primary N) is 1. The molecule has 0 saturated carbocycles. The second-order valence-corrected chi connectivity index (χ2v) is 3.71. The van der Waals surface area contributed by atoms with Gasteiger partial charge in [-0.25, -0.2) is 9.97 Å². The van der Waals surface area contributed by atoms with Gasteiger partial charge in [-0.2, -0.15) is 0 Å². The van der Waals surface area contributed by atoms with Gasteiger partial charge in [-0.3, -0.25) is 0 Å². The van der Waals surface area contributed by atoms with E-state index < -0.39 is 0 Å². The fourth-order valence-corrected chi connectivity index (χ4v) is 1.51. The number of hydrogen-bond acceptors (Lipinski definition) is 5. The van der Waals surface area contributed by atoms with E-state index in [0.717, 1.165) is 12.1 Å². The van der Waals surface area contributed by atoms with Gasteiger partial charge < -0.3 is 15.2 Å². The number of methoxy groups -OCH3 is 1. The second kappa shape index (κ2) is 5.35. The molecule has 0 unspecified atom stereocenters. The van der Waals surface area contributed by atoms with Crippen LogP contribution in [0.2, 0.25) is 0 Å². The number of ether oxygens (including phenoxy) is 2. The van der Waals surface area contributed by atoms with Crippen molar-refractivity contribution >= 4 is 5.69 Å². The Hall–Kier alpha value is -2.30. The van der Waals surface area contributed by atoms with Crippen LogP contribution in [0.4, 0.5) is 5.69 Å². The molecule has 0 atom stereocenters. The molecule has 0 saturated heterocycles. The molecule has 5 heteroatoms. The van der Waals surface area contributed by atoms with Crippen LogP contribution in [0, 0.1) is 0 Å². The van der Waals surface area contributed by atoms with Gasteiger partial charge in [0.2, 0.25) is 5.88 Å². The van der Waals surface area contributed by atoms with Crippen molar-refractivity contribution in [1.29, 1.82) is 0 Å². The maximum Gasteiger partial charge on any atom is 0.222 e. The van der Waals surface area contributed by atoms with Gasteiger partial charge in [0.15, 0.2) is 11.5 Å². The Balaban J connectivity index is 2.29. The first-order chi connectivity index (χ1) is 8.72. The number of benzene rings is 1. The summed E-state index contributed by atoms with van der Waals surface area (Å²) >= 11 is 0. The molecule has 5 nitrogen and oxygen atoms in total. The third kappa shape index (κ3) is 2.68. The van der Waals surface area contributed by atoms with E-state index in [1.165, 1.54) is 6.33 Å². The maximum absolute atomic E-state index is 5.72. The molecule has 2 rings (SSSR count). The summed E-state index contributed by atoms with van der Waals surface area (Å²) in [5, 5.41) is 0. The summed E-state index contributed by atoms with van der Waals surface area (Å²) in [4.78, 5) is 8.17. The third-order valence-corrected chi connectivity index (χ3v) is 2.46. The molecule has 94 valence electrons. The second-order valence-electron chi connectivity index (χ2n) is 3.71. The Morgan fingerprint density at radius 2 is 2.00 bits per heavy atom. The molecular weight excluding hydrogens is 230 g/mol. The molecule has 2 N–H and O–H groups in total. The van der Waals surface area contributed by atoms with Crippen LogP contribution in [0.1, 0.15) is 12.6 Å². The molecular formula is C13H15N3O2. The zero-order valence-corrected chi connectivity index (χ0v) is 10.4. The van der Waals surface area contributed by atoms with Crippen molar-refractivity contribution in [3.63, 3.8) is 0 Å². The Morgan fingerprint density at radius 1 is 1.17 bits per heavy atom. The standard InChI is InChI=1S/C13H15N3O2/c1-3-10-7-13(16-8-15-10)18-12-6-9(14)4-5-11(12)17-2/h4-8H,3,14H2,1-2H3. The van der Waals surface area contributed by atoms with Crippen LogP contribution in [0.15, 0.2) is 30.6 Å². The summed E-state index contributed by atoms with van der Waals surface area (Å²) in [6, 6.07) is 7.00. The maximum atomic E-state index is 5.72. The van der Waals surface area contributed by atoms with Crippen LogP contribution in [0.3, 0.4) is 0 Å². The van der Waals surface area contributed by atoms with E-state index in [1.807, 2.05) is 6.92 Å². The fraction of sp³-hybridized carbons (Fsp3) is 0.231. The number of aryl methyl sites for hydroxylation is 1. The highest BCUT2D eigenvalue weighted by Gasteiger charge is 2.07. The van der Waals surface area contributed by atoms with Gasteiger partial charge >= 0.3 is 0 Å². The average molecular weight is 245 g/mol. The molecule has 1 heterocycles. The normalized spacial score (nSPS) is 10.1. The van der Waals surface area contributed by atoms with Gasteiger partial charge in [-0.1, -0.05) is 6.92 Å². The highest BCUT2D eigenvalue weighted by Crippen LogP contribution is 2.32. The average Bonchev–Trinajstić information content (AvgIpc) is 2.39. The number of nitrogen functional groups attached to an aromatic ring is 1. The smallest absolute Gasteiger partial charge is 0.222 e. The summed E-state index contributed by atoms with van der Waals surface area (Å²) in [5.41, 5.74) is 7.25. The van der Waals surface area contributed by atoms with Crippen LogP contribution < -0.4 is 15.2 Å². The number of hydrogen-bond donors (Lipinski definition) is 1. The largest absolute Gasteiger partial charge is 0.493 e. The molecule has 0 fully saturated rings. The van der Waals surface area contributed by atoms with Crippen LogP contribution in [0.25, 0.3) is 0 Å². The first-order valence-corrected chi connectivity index (χ1v) is 5.65. The number of anilines is 1. The van der Waals surface area contributed by atoms with E-state index in [0.29, 0.717) is 23.1 Å². The molecule has 0 amide bonds. The predicted molar refractivity (Wildman–Crippen MR) is 68.9 cm³/mol. The molecule has 2 aromatic rings. The highest BCUT2D eigenvalue weighted by atomic mass is 16.5. The van der Waals surface area contributed by atoms with Gasteiger partial charge in [0.1, 0.15) is 6.33 Å². The quantitative estimate of drug-likeness (QED) is 0.837. The minimum absolute atomic E-state index is 0.478. The van der Waals surface area contributed by atoms with Crippen LogP contribution in [-0.2, 0) is 6.42 Å². The molecule has 0 aliphatic heterocycles. The lowest BCUT2D eigenvalue weighted by Gasteiger charge is -2.10. The SMILES string of the molecule is CCc1cc(Oc2cc(N)ccc2OC)ncn1. The van der Waals surface area contributed by atoms with E-state index in [-0.39, 0.29) is 0 Å². The lowest BCUT2D eigenvalue weighted by Crippen LogP contribution is -1.96. The molecule has 18 heavy (non-hydrogen) atoms. The van der Waals surface area contributed by atoms with Gasteiger partial charge in [0, 0.05) is 23.5 Å². The number of nitrogens with zero attached hydrogens (tertiary/aromatic N) is 2. The molecule has 0 bridgehead atoms. The summed E-state index contributed by atoms with van der Waals surface area (Å²) in [5.74, 6) is 1.63. The van der Waals surface area contributed by atoms with E-state index in [4.69, 9.17) is 15.2 Å². The molecule has 1 aromatic carbocycles. The summed E-state index contributed by atoms with van der Waals surface area (Å²) in [7, 11) is 1.58. The van der Waals surface area contributed by atoms with Crippen molar-refractivity contribution in [3.05, 3.63) is 36.3 Å². The van der Waals surface area contributed by atoms with Gasteiger partial charge in [0.25, 0.3) is 0 Å². The highest BCUT2D eigenvalue weighted by molar-refractivity contribution is 5.52. The first kappa shape index (κ1) is 12.2. The van der Waals surface area contributed by atoms with E-state index in [9.17, 15) is 0 Å². The Bertz CT molecular complexity index is 544. The molecule has 0 aliphatic carbocycles. The summed E-state index contributed by atoms with van der Waals surface area (Å²) in [6.45, 7) is 2.02. The zero-order valence-electron chi connectivity index (χ0n) is 10.4. The van der Waals surface area contributed by atoms with Crippen molar-refractivity contribution in [3.8, 4) is 17.4 Å².